The van der Waals surface area contributed by atoms with E-state index in [2.05, 4.69) is 25.0 Å². The van der Waals surface area contributed by atoms with Crippen molar-refractivity contribution in [2.24, 2.45) is 0 Å². The fourth-order valence-electron chi connectivity index (χ4n) is 3.68. The maximum absolute atomic E-state index is 12.7. The third kappa shape index (κ3) is 7.52. The van der Waals surface area contributed by atoms with E-state index in [1.54, 1.807) is 24.3 Å². The van der Waals surface area contributed by atoms with Crippen LogP contribution in [0.25, 0.3) is 10.9 Å². The lowest BCUT2D eigenvalue weighted by Crippen LogP contribution is -2.26. The maximum atomic E-state index is 12.7. The van der Waals surface area contributed by atoms with Gasteiger partial charge in [0.05, 0.1) is 29.0 Å². The van der Waals surface area contributed by atoms with Crippen LogP contribution in [0, 0.1) is 0 Å². The molecule has 0 spiro atoms. The Labute approximate surface area is 221 Å². The number of nitrogens with one attached hydrogen (secondary N) is 3. The van der Waals surface area contributed by atoms with Crippen LogP contribution in [0.15, 0.2) is 71.6 Å². The molecule has 4 N–H and O–H groups in total. The SMILES string of the molecule is COc1n[nH]c2cc(OCCNCC(O)c3cccc(NS(=O)(=O)c4cccc(OC(F)(F)F)c4)c3)ccc12. The summed E-state index contributed by atoms with van der Waals surface area (Å²) in [7, 11) is -2.69. The van der Waals surface area contributed by atoms with Gasteiger partial charge in [0.25, 0.3) is 10.0 Å². The zero-order valence-electron chi connectivity index (χ0n) is 20.5. The van der Waals surface area contributed by atoms with Crippen molar-refractivity contribution in [3.63, 3.8) is 0 Å². The van der Waals surface area contributed by atoms with Crippen LogP contribution < -0.4 is 24.2 Å². The molecule has 1 heterocycles. The summed E-state index contributed by atoms with van der Waals surface area (Å²) < 4.78 is 79.8. The smallest absolute Gasteiger partial charge is 0.492 e. The fourth-order valence-corrected chi connectivity index (χ4v) is 4.76. The van der Waals surface area contributed by atoms with Crippen LogP contribution in [-0.2, 0) is 10.0 Å². The van der Waals surface area contributed by atoms with E-state index in [0.717, 1.165) is 35.2 Å². The molecule has 1 unspecified atom stereocenters. The van der Waals surface area contributed by atoms with Gasteiger partial charge in [-0.25, -0.2) is 8.42 Å². The Morgan fingerprint density at radius 3 is 2.62 bits per heavy atom. The molecule has 10 nitrogen and oxygen atoms in total. The summed E-state index contributed by atoms with van der Waals surface area (Å²) in [6.07, 6.45) is -5.92. The standard InChI is InChI=1S/C25H25F3N4O6S/c1-36-24-21-9-8-18(14-22(21)30-31-24)37-11-10-29-15-23(33)16-4-2-5-17(12-16)32-39(34,35)20-7-3-6-19(13-20)38-25(26,27)28/h2-9,12-14,23,29,32-33H,10-11,15H2,1H3,(H,30,31). The summed E-state index contributed by atoms with van der Waals surface area (Å²) in [6, 6.07) is 15.5. The molecule has 3 aromatic carbocycles. The number of benzene rings is 3. The van der Waals surface area contributed by atoms with Crippen molar-refractivity contribution in [2.75, 3.05) is 31.5 Å². The number of hydrogen-bond donors (Lipinski definition) is 4. The second kappa shape index (κ2) is 11.8. The summed E-state index contributed by atoms with van der Waals surface area (Å²) in [4.78, 5) is -0.414. The van der Waals surface area contributed by atoms with Crippen molar-refractivity contribution in [1.29, 1.82) is 0 Å². The third-order valence-corrected chi connectivity index (χ3v) is 6.83. The summed E-state index contributed by atoms with van der Waals surface area (Å²) in [5.74, 6) is 0.465. The minimum atomic E-state index is -4.95. The molecular weight excluding hydrogens is 541 g/mol. The average molecular weight is 567 g/mol. The molecule has 0 radical (unpaired) electrons. The van der Waals surface area contributed by atoms with Crippen molar-refractivity contribution < 1.29 is 40.9 Å². The van der Waals surface area contributed by atoms with Gasteiger partial charge in [-0.2, -0.15) is 0 Å². The first-order valence-electron chi connectivity index (χ1n) is 11.6. The number of anilines is 1. The van der Waals surface area contributed by atoms with Gasteiger partial charge >= 0.3 is 6.36 Å². The van der Waals surface area contributed by atoms with Gasteiger partial charge in [0.15, 0.2) is 0 Å². The molecule has 0 aliphatic rings. The molecule has 1 atom stereocenters. The number of fused-ring (bicyclic) bond motifs is 1. The predicted octanol–water partition coefficient (Wildman–Crippen LogP) is 3.97. The van der Waals surface area contributed by atoms with E-state index < -0.39 is 33.1 Å². The minimum Gasteiger partial charge on any atom is -0.492 e. The van der Waals surface area contributed by atoms with Gasteiger partial charge in [0, 0.05) is 30.9 Å². The Bertz CT molecular complexity index is 1530. The summed E-state index contributed by atoms with van der Waals surface area (Å²) in [5.41, 5.74) is 1.32. The van der Waals surface area contributed by atoms with E-state index in [-0.39, 0.29) is 12.2 Å². The molecule has 39 heavy (non-hydrogen) atoms. The number of nitrogens with zero attached hydrogens (tertiary/aromatic N) is 1. The van der Waals surface area contributed by atoms with E-state index in [9.17, 15) is 26.7 Å². The van der Waals surface area contributed by atoms with E-state index in [1.807, 2.05) is 6.07 Å². The lowest BCUT2D eigenvalue weighted by molar-refractivity contribution is -0.274. The highest BCUT2D eigenvalue weighted by molar-refractivity contribution is 7.92. The number of hydrogen-bond acceptors (Lipinski definition) is 8. The van der Waals surface area contributed by atoms with E-state index in [1.165, 1.54) is 19.2 Å². The van der Waals surface area contributed by atoms with Gasteiger partial charge in [0.2, 0.25) is 5.88 Å². The van der Waals surface area contributed by atoms with Crippen molar-refractivity contribution in [3.8, 4) is 17.4 Å². The summed E-state index contributed by atoms with van der Waals surface area (Å²) in [6.45, 7) is 0.900. The highest BCUT2D eigenvalue weighted by Crippen LogP contribution is 2.27. The van der Waals surface area contributed by atoms with Gasteiger partial charge < -0.3 is 24.6 Å². The van der Waals surface area contributed by atoms with Crippen LogP contribution in [0.4, 0.5) is 18.9 Å². The zero-order valence-corrected chi connectivity index (χ0v) is 21.3. The third-order valence-electron chi connectivity index (χ3n) is 5.45. The number of alkyl halides is 3. The lowest BCUT2D eigenvalue weighted by Gasteiger charge is -2.15. The molecule has 1 aromatic heterocycles. The first-order chi connectivity index (χ1) is 18.5. The molecular formula is C25H25F3N4O6S. The van der Waals surface area contributed by atoms with Crippen molar-refractivity contribution in [1.82, 2.24) is 15.5 Å². The van der Waals surface area contributed by atoms with E-state index in [4.69, 9.17) is 9.47 Å². The maximum Gasteiger partial charge on any atom is 0.573 e. The molecule has 0 fully saturated rings. The monoisotopic (exact) mass is 566 g/mol. The predicted molar refractivity (Wildman–Crippen MR) is 136 cm³/mol. The molecule has 0 saturated heterocycles. The number of methoxy groups -OCH3 is 1. The van der Waals surface area contributed by atoms with Gasteiger partial charge in [0.1, 0.15) is 18.1 Å². The van der Waals surface area contributed by atoms with Gasteiger partial charge in [-0.15, -0.1) is 18.3 Å². The van der Waals surface area contributed by atoms with Gasteiger partial charge in [-0.3, -0.25) is 9.82 Å². The van der Waals surface area contributed by atoms with E-state index >= 15 is 0 Å². The average Bonchev–Trinajstić information content (AvgIpc) is 3.30. The quantitative estimate of drug-likeness (QED) is 0.189. The van der Waals surface area contributed by atoms with Gasteiger partial charge in [-0.1, -0.05) is 18.2 Å². The molecule has 0 amide bonds. The number of H-pyrrole nitrogens is 1. The largest absolute Gasteiger partial charge is 0.573 e. The van der Waals surface area contributed by atoms with Crippen LogP contribution in [-0.4, -0.2) is 56.9 Å². The highest BCUT2D eigenvalue weighted by Gasteiger charge is 2.31. The van der Waals surface area contributed by atoms with Crippen LogP contribution >= 0.6 is 0 Å². The number of aromatic nitrogens is 2. The zero-order chi connectivity index (χ0) is 28.0. The van der Waals surface area contributed by atoms with Crippen LogP contribution in [0.5, 0.6) is 17.4 Å². The number of aromatic amines is 1. The number of halogens is 3. The second-order valence-electron chi connectivity index (χ2n) is 8.26. The Kier molecular flexibility index (Phi) is 8.47. The van der Waals surface area contributed by atoms with Crippen molar-refractivity contribution in [3.05, 3.63) is 72.3 Å². The minimum absolute atomic E-state index is 0.128. The Hall–Kier alpha value is -4.01. The summed E-state index contributed by atoms with van der Waals surface area (Å²) in [5, 5.41) is 21.3. The number of aliphatic hydroxyl groups is 1. The van der Waals surface area contributed by atoms with Crippen molar-refractivity contribution >= 4 is 26.6 Å². The van der Waals surface area contributed by atoms with Crippen LogP contribution in [0.1, 0.15) is 11.7 Å². The first kappa shape index (κ1) is 28.0. The second-order valence-corrected chi connectivity index (χ2v) is 9.94. The highest BCUT2D eigenvalue weighted by atomic mass is 32.2. The molecule has 14 heteroatoms. The lowest BCUT2D eigenvalue weighted by atomic mass is 10.1. The van der Waals surface area contributed by atoms with Crippen LogP contribution in [0.2, 0.25) is 0 Å². The first-order valence-corrected chi connectivity index (χ1v) is 13.0. The summed E-state index contributed by atoms with van der Waals surface area (Å²) >= 11 is 0. The van der Waals surface area contributed by atoms with E-state index in [0.29, 0.717) is 30.3 Å². The molecule has 4 aromatic rings. The Morgan fingerprint density at radius 1 is 1.05 bits per heavy atom. The molecule has 208 valence electrons. The Morgan fingerprint density at radius 2 is 1.85 bits per heavy atom. The number of aliphatic hydroxyl groups excluding tert-OH is 1. The molecule has 0 saturated carbocycles. The van der Waals surface area contributed by atoms with Gasteiger partial charge in [-0.05, 0) is 42.0 Å². The molecule has 0 aliphatic heterocycles. The molecule has 0 bridgehead atoms. The molecule has 0 aliphatic carbocycles. The topological polar surface area (TPSA) is 135 Å². The number of sulfonamides is 1. The van der Waals surface area contributed by atoms with Crippen LogP contribution in [0.3, 0.4) is 0 Å². The fraction of sp³-hybridized carbons (Fsp3) is 0.240. The normalized spacial score (nSPS) is 12.7. The Balaban J connectivity index is 1.29. The van der Waals surface area contributed by atoms with Crippen molar-refractivity contribution in [2.45, 2.75) is 17.4 Å². The number of ether oxygens (including phenoxy) is 3. The number of rotatable bonds is 12. The molecule has 4 rings (SSSR count).